The number of nitrogens with zero attached hydrogens (tertiary/aromatic N) is 1. The number of rotatable bonds is 3. The molecule has 1 aliphatic heterocycles. The fraction of sp³-hybridized carbons (Fsp3) is 0.727. The molecule has 0 saturated carbocycles. The zero-order valence-corrected chi connectivity index (χ0v) is 8.75. The van der Waals surface area contributed by atoms with Crippen LogP contribution in [0.25, 0.3) is 0 Å². The molecule has 0 radical (unpaired) electrons. The molecule has 3 heteroatoms. The lowest BCUT2D eigenvalue weighted by atomic mass is 9.99. The first-order valence-electron chi connectivity index (χ1n) is 5.15. The summed E-state index contributed by atoms with van der Waals surface area (Å²) in [4.78, 5) is 13.5. The number of piperidine rings is 1. The Hall–Kier alpha value is -1.01. The van der Waals surface area contributed by atoms with Gasteiger partial charge in [-0.05, 0) is 31.8 Å². The molecule has 1 rings (SSSR count). The van der Waals surface area contributed by atoms with E-state index in [1.807, 2.05) is 0 Å². The monoisotopic (exact) mass is 194 g/mol. The molecule has 1 N–H and O–H groups in total. The van der Waals surface area contributed by atoms with Crippen molar-refractivity contribution >= 4 is 5.91 Å². The van der Waals surface area contributed by atoms with E-state index in [4.69, 9.17) is 6.42 Å². The lowest BCUT2D eigenvalue weighted by Crippen LogP contribution is -2.41. The van der Waals surface area contributed by atoms with Gasteiger partial charge in [0, 0.05) is 0 Å². The van der Waals surface area contributed by atoms with Gasteiger partial charge in [0.15, 0.2) is 0 Å². The number of nitrogens with one attached hydrogen (secondary N) is 1. The van der Waals surface area contributed by atoms with E-state index in [1.165, 1.54) is 12.8 Å². The Morgan fingerprint density at radius 3 is 2.79 bits per heavy atom. The summed E-state index contributed by atoms with van der Waals surface area (Å²) in [5.74, 6) is 3.24. The van der Waals surface area contributed by atoms with Crippen molar-refractivity contribution in [3.63, 3.8) is 0 Å². The molecule has 1 amide bonds. The van der Waals surface area contributed by atoms with Crippen molar-refractivity contribution in [2.45, 2.75) is 19.8 Å². The summed E-state index contributed by atoms with van der Waals surface area (Å²) >= 11 is 0. The molecule has 14 heavy (non-hydrogen) atoms. The molecule has 0 unspecified atom stereocenters. The molecule has 1 fully saturated rings. The van der Waals surface area contributed by atoms with Crippen LogP contribution in [-0.2, 0) is 4.79 Å². The van der Waals surface area contributed by atoms with E-state index in [0.717, 1.165) is 19.0 Å². The molecule has 0 atom stereocenters. The van der Waals surface area contributed by atoms with Gasteiger partial charge < -0.3 is 5.32 Å². The third-order valence-electron chi connectivity index (χ3n) is 2.63. The molecule has 1 heterocycles. The predicted octanol–water partition coefficient (Wildman–Crippen LogP) is 0.468. The first-order valence-corrected chi connectivity index (χ1v) is 5.15. The second kappa shape index (κ2) is 5.66. The van der Waals surface area contributed by atoms with Crippen molar-refractivity contribution in [2.75, 3.05) is 26.2 Å². The molecular formula is C11H18N2O. The summed E-state index contributed by atoms with van der Waals surface area (Å²) < 4.78 is 0. The number of amides is 1. The van der Waals surface area contributed by atoms with Crippen LogP contribution in [-0.4, -0.2) is 37.0 Å². The number of likely N-dealkylation sites (tertiary alicyclic amines) is 1. The maximum absolute atomic E-state index is 11.3. The van der Waals surface area contributed by atoms with Gasteiger partial charge in [0.1, 0.15) is 0 Å². The van der Waals surface area contributed by atoms with Gasteiger partial charge in [0.25, 0.3) is 0 Å². The molecule has 0 aromatic heterocycles. The van der Waals surface area contributed by atoms with Crippen molar-refractivity contribution in [3.8, 4) is 12.3 Å². The van der Waals surface area contributed by atoms with Crippen LogP contribution in [0.15, 0.2) is 0 Å². The SMILES string of the molecule is C#CCNC(=O)CN1CCC(C)CC1. The van der Waals surface area contributed by atoms with Gasteiger partial charge in [-0.1, -0.05) is 12.8 Å². The van der Waals surface area contributed by atoms with Crippen molar-refractivity contribution < 1.29 is 4.79 Å². The van der Waals surface area contributed by atoms with Gasteiger partial charge in [-0.15, -0.1) is 6.42 Å². The van der Waals surface area contributed by atoms with Crippen LogP contribution in [0.4, 0.5) is 0 Å². The Labute approximate surface area is 85.9 Å². The van der Waals surface area contributed by atoms with Crippen LogP contribution in [0.3, 0.4) is 0 Å². The first kappa shape index (κ1) is 11.1. The second-order valence-corrected chi connectivity index (χ2v) is 3.94. The van der Waals surface area contributed by atoms with Crippen LogP contribution in [0.5, 0.6) is 0 Å². The van der Waals surface area contributed by atoms with Crippen molar-refractivity contribution in [1.82, 2.24) is 10.2 Å². The molecule has 3 nitrogen and oxygen atoms in total. The highest BCUT2D eigenvalue weighted by atomic mass is 16.2. The highest BCUT2D eigenvalue weighted by molar-refractivity contribution is 5.78. The second-order valence-electron chi connectivity index (χ2n) is 3.94. The maximum Gasteiger partial charge on any atom is 0.234 e. The molecule has 1 aliphatic rings. The van der Waals surface area contributed by atoms with Crippen LogP contribution in [0, 0.1) is 18.3 Å². The van der Waals surface area contributed by atoms with E-state index in [1.54, 1.807) is 0 Å². The number of hydrogen-bond donors (Lipinski definition) is 1. The van der Waals surface area contributed by atoms with E-state index in [-0.39, 0.29) is 5.91 Å². The number of hydrogen-bond acceptors (Lipinski definition) is 2. The molecule has 0 aromatic carbocycles. The van der Waals surface area contributed by atoms with Crippen LogP contribution in [0.1, 0.15) is 19.8 Å². The van der Waals surface area contributed by atoms with Gasteiger partial charge in [0.2, 0.25) is 5.91 Å². The Morgan fingerprint density at radius 2 is 2.21 bits per heavy atom. The zero-order valence-electron chi connectivity index (χ0n) is 8.75. The van der Waals surface area contributed by atoms with Gasteiger partial charge in [-0.2, -0.15) is 0 Å². The van der Waals surface area contributed by atoms with Gasteiger partial charge in [0.05, 0.1) is 13.1 Å². The predicted molar refractivity (Wildman–Crippen MR) is 56.7 cm³/mol. The minimum absolute atomic E-state index is 0.0394. The number of carbonyl (C=O) groups excluding carboxylic acids is 1. The number of terminal acetylenes is 1. The van der Waals surface area contributed by atoms with Crippen molar-refractivity contribution in [2.24, 2.45) is 5.92 Å². The van der Waals surface area contributed by atoms with E-state index < -0.39 is 0 Å². The minimum Gasteiger partial charge on any atom is -0.344 e. The van der Waals surface area contributed by atoms with E-state index >= 15 is 0 Å². The molecule has 1 saturated heterocycles. The molecule has 0 spiro atoms. The molecule has 0 aliphatic carbocycles. The quantitative estimate of drug-likeness (QED) is 0.662. The summed E-state index contributed by atoms with van der Waals surface area (Å²) in [5, 5.41) is 2.67. The highest BCUT2D eigenvalue weighted by Gasteiger charge is 2.17. The van der Waals surface area contributed by atoms with E-state index in [2.05, 4.69) is 23.1 Å². The average molecular weight is 194 g/mol. The third kappa shape index (κ3) is 3.80. The highest BCUT2D eigenvalue weighted by Crippen LogP contribution is 2.15. The number of carbonyl (C=O) groups is 1. The average Bonchev–Trinajstić information content (AvgIpc) is 2.18. The fourth-order valence-corrected chi connectivity index (χ4v) is 1.63. The maximum atomic E-state index is 11.3. The van der Waals surface area contributed by atoms with Gasteiger partial charge in [-0.3, -0.25) is 9.69 Å². The molecule has 0 aromatic rings. The first-order chi connectivity index (χ1) is 6.72. The smallest absolute Gasteiger partial charge is 0.234 e. The summed E-state index contributed by atoms with van der Waals surface area (Å²) in [5.41, 5.74) is 0. The Kier molecular flexibility index (Phi) is 4.48. The topological polar surface area (TPSA) is 32.3 Å². The lowest BCUT2D eigenvalue weighted by molar-refractivity contribution is -0.122. The molecule has 78 valence electrons. The standard InChI is InChI=1S/C11H18N2O/c1-3-6-12-11(14)9-13-7-4-10(2)5-8-13/h1,10H,4-9H2,2H3,(H,12,14). The van der Waals surface area contributed by atoms with E-state index in [9.17, 15) is 4.79 Å². The van der Waals surface area contributed by atoms with E-state index in [0.29, 0.717) is 13.1 Å². The fourth-order valence-electron chi connectivity index (χ4n) is 1.63. The minimum atomic E-state index is 0.0394. The summed E-state index contributed by atoms with van der Waals surface area (Å²) in [6.45, 7) is 5.16. The normalized spacial score (nSPS) is 18.9. The van der Waals surface area contributed by atoms with Gasteiger partial charge >= 0.3 is 0 Å². The molecule has 0 bridgehead atoms. The summed E-state index contributed by atoms with van der Waals surface area (Å²) in [6.07, 6.45) is 7.44. The largest absolute Gasteiger partial charge is 0.344 e. The van der Waals surface area contributed by atoms with Gasteiger partial charge in [-0.25, -0.2) is 0 Å². The van der Waals surface area contributed by atoms with Crippen molar-refractivity contribution in [3.05, 3.63) is 0 Å². The van der Waals surface area contributed by atoms with Crippen molar-refractivity contribution in [1.29, 1.82) is 0 Å². The Bertz CT molecular complexity index is 224. The lowest BCUT2D eigenvalue weighted by Gasteiger charge is -2.29. The Balaban J connectivity index is 2.18. The molecular weight excluding hydrogens is 176 g/mol. The Morgan fingerprint density at radius 1 is 1.57 bits per heavy atom. The van der Waals surface area contributed by atoms with Crippen LogP contribution in [0.2, 0.25) is 0 Å². The zero-order chi connectivity index (χ0) is 10.4. The van der Waals surface area contributed by atoms with Crippen LogP contribution >= 0.6 is 0 Å². The summed E-state index contributed by atoms with van der Waals surface area (Å²) in [6, 6.07) is 0. The van der Waals surface area contributed by atoms with Crippen LogP contribution < -0.4 is 5.32 Å². The third-order valence-corrected chi connectivity index (χ3v) is 2.63. The summed E-state index contributed by atoms with van der Waals surface area (Å²) in [7, 11) is 0.